The number of ether oxygens (including phenoxy) is 1. The van der Waals surface area contributed by atoms with E-state index >= 15 is 0 Å². The average molecular weight is 463 g/mol. The summed E-state index contributed by atoms with van der Waals surface area (Å²) in [6, 6.07) is 13.2. The summed E-state index contributed by atoms with van der Waals surface area (Å²) in [6.07, 6.45) is 5.52. The largest absolute Gasteiger partial charge is 0.487 e. The fraction of sp³-hybridized carbons (Fsp3) is 0.346. The lowest BCUT2D eigenvalue weighted by molar-refractivity contribution is -0.121. The normalized spacial score (nSPS) is 17.3. The van der Waals surface area contributed by atoms with E-state index in [4.69, 9.17) is 4.74 Å². The van der Waals surface area contributed by atoms with Gasteiger partial charge in [0.25, 0.3) is 0 Å². The zero-order chi connectivity index (χ0) is 23.5. The topological polar surface area (TPSA) is 83.0 Å². The van der Waals surface area contributed by atoms with Crippen LogP contribution in [0.4, 0.5) is 20.6 Å². The van der Waals surface area contributed by atoms with Crippen molar-refractivity contribution >= 4 is 29.5 Å². The minimum absolute atomic E-state index is 0.0137. The summed E-state index contributed by atoms with van der Waals surface area (Å²) >= 11 is 0. The molecular weight excluding hydrogens is 435 g/mol. The Morgan fingerprint density at radius 3 is 2.91 bits per heavy atom. The summed E-state index contributed by atoms with van der Waals surface area (Å²) in [7, 11) is 0. The Morgan fingerprint density at radius 1 is 1.24 bits per heavy atom. The number of halogens is 1. The first-order chi connectivity index (χ1) is 16.6. The molecule has 7 nitrogen and oxygen atoms in total. The SMILES string of the molecule is O=C(CCc1ccc(OCC2=C(F)CCC=N2)cc1N1Cc2ccccc2NC1=O)NC1CC1. The third kappa shape index (κ3) is 5.11. The molecule has 3 amide bonds. The molecule has 0 bridgehead atoms. The van der Waals surface area contributed by atoms with Crippen molar-refractivity contribution in [3.05, 3.63) is 65.1 Å². The van der Waals surface area contributed by atoms with Crippen LogP contribution < -0.4 is 20.3 Å². The average Bonchev–Trinajstić information content (AvgIpc) is 3.66. The molecule has 1 fully saturated rings. The number of benzene rings is 2. The number of urea groups is 1. The van der Waals surface area contributed by atoms with Crippen molar-refractivity contribution in [3.63, 3.8) is 0 Å². The summed E-state index contributed by atoms with van der Waals surface area (Å²) < 4.78 is 19.9. The van der Waals surface area contributed by atoms with E-state index in [1.807, 2.05) is 30.3 Å². The van der Waals surface area contributed by atoms with Crippen LogP contribution in [0, 0.1) is 0 Å². The fourth-order valence-corrected chi connectivity index (χ4v) is 4.12. The van der Waals surface area contributed by atoms with Crippen LogP contribution in [0.15, 0.2) is 59.0 Å². The van der Waals surface area contributed by atoms with Crippen LogP contribution in [0.5, 0.6) is 5.75 Å². The van der Waals surface area contributed by atoms with Crippen LogP contribution in [0.1, 0.15) is 43.2 Å². The van der Waals surface area contributed by atoms with E-state index in [1.165, 1.54) is 0 Å². The molecule has 5 rings (SSSR count). The van der Waals surface area contributed by atoms with Crippen LogP contribution in [-0.4, -0.2) is 30.8 Å². The van der Waals surface area contributed by atoms with Gasteiger partial charge in [-0.15, -0.1) is 0 Å². The summed E-state index contributed by atoms with van der Waals surface area (Å²) in [5.74, 6) is 0.265. The smallest absolute Gasteiger partial charge is 0.326 e. The number of hydrogen-bond donors (Lipinski definition) is 2. The van der Waals surface area contributed by atoms with Gasteiger partial charge in [-0.2, -0.15) is 0 Å². The number of aryl methyl sites for hydroxylation is 1. The number of nitrogens with one attached hydrogen (secondary N) is 2. The maximum atomic E-state index is 14.0. The Balaban J connectivity index is 1.38. The van der Waals surface area contributed by atoms with E-state index < -0.39 is 0 Å². The second-order valence-corrected chi connectivity index (χ2v) is 8.80. The van der Waals surface area contributed by atoms with Gasteiger partial charge >= 0.3 is 6.03 Å². The Hall–Kier alpha value is -3.68. The van der Waals surface area contributed by atoms with Gasteiger partial charge < -0.3 is 15.4 Å². The Labute approximate surface area is 197 Å². The highest BCUT2D eigenvalue weighted by molar-refractivity contribution is 6.04. The van der Waals surface area contributed by atoms with E-state index in [0.29, 0.717) is 55.4 Å². The molecule has 2 aromatic rings. The highest BCUT2D eigenvalue weighted by atomic mass is 19.1. The van der Waals surface area contributed by atoms with Gasteiger partial charge in [0.1, 0.15) is 23.9 Å². The second-order valence-electron chi connectivity index (χ2n) is 8.80. The minimum Gasteiger partial charge on any atom is -0.487 e. The van der Waals surface area contributed by atoms with E-state index in [9.17, 15) is 14.0 Å². The summed E-state index contributed by atoms with van der Waals surface area (Å²) in [5, 5.41) is 5.94. The zero-order valence-corrected chi connectivity index (χ0v) is 18.9. The van der Waals surface area contributed by atoms with Crippen molar-refractivity contribution in [2.24, 2.45) is 4.99 Å². The quantitative estimate of drug-likeness (QED) is 0.587. The maximum absolute atomic E-state index is 14.0. The Morgan fingerprint density at radius 2 is 2.09 bits per heavy atom. The van der Waals surface area contributed by atoms with Crippen molar-refractivity contribution in [3.8, 4) is 5.75 Å². The monoisotopic (exact) mass is 462 g/mol. The Bertz CT molecular complexity index is 1170. The highest BCUT2D eigenvalue weighted by Crippen LogP contribution is 2.33. The first-order valence-corrected chi connectivity index (χ1v) is 11.7. The standard InChI is InChI=1S/C26H27FN4O3/c27-21-5-3-13-28-23(21)16-34-20-11-7-17(8-12-25(32)29-19-9-10-19)24(14-20)31-15-18-4-1-2-6-22(18)30-26(31)33/h1-2,4,6-7,11,13-14,19H,3,5,8-10,12,15-16H2,(H,29,32)(H,30,33). The second kappa shape index (κ2) is 9.67. The van der Waals surface area contributed by atoms with Gasteiger partial charge in [-0.3, -0.25) is 14.7 Å². The number of amides is 3. The molecule has 8 heteroatoms. The summed E-state index contributed by atoms with van der Waals surface area (Å²) in [5.41, 5.74) is 3.62. The molecule has 2 N–H and O–H groups in total. The number of nitrogens with zero attached hydrogens (tertiary/aromatic N) is 2. The number of para-hydroxylation sites is 1. The van der Waals surface area contributed by atoms with Gasteiger partial charge in [-0.05, 0) is 48.9 Å². The minimum atomic E-state index is -0.256. The number of carbonyl (C=O) groups excluding carboxylic acids is 2. The number of aliphatic imine (C=N–C) groups is 1. The van der Waals surface area contributed by atoms with E-state index in [1.54, 1.807) is 23.2 Å². The lowest BCUT2D eigenvalue weighted by atomic mass is 10.0. The van der Waals surface area contributed by atoms with Crippen molar-refractivity contribution < 1.29 is 18.7 Å². The highest BCUT2D eigenvalue weighted by Gasteiger charge is 2.27. The number of rotatable bonds is 8. The van der Waals surface area contributed by atoms with Crippen LogP contribution in [0.25, 0.3) is 0 Å². The number of hydrogen-bond acceptors (Lipinski definition) is 4. The molecule has 0 radical (unpaired) electrons. The number of anilines is 2. The van der Waals surface area contributed by atoms with Crippen LogP contribution in [-0.2, 0) is 17.8 Å². The molecule has 2 aromatic carbocycles. The van der Waals surface area contributed by atoms with Gasteiger partial charge in [-0.1, -0.05) is 24.3 Å². The van der Waals surface area contributed by atoms with Crippen molar-refractivity contribution in [1.82, 2.24) is 5.32 Å². The summed E-state index contributed by atoms with van der Waals surface area (Å²) in [6.45, 7) is 0.413. The van der Waals surface area contributed by atoms with Gasteiger partial charge in [0, 0.05) is 36.9 Å². The Kier molecular flexibility index (Phi) is 6.29. The molecule has 3 aliphatic rings. The molecule has 2 aliphatic heterocycles. The molecular formula is C26H27FN4O3. The molecule has 0 aromatic heterocycles. The molecule has 1 aliphatic carbocycles. The van der Waals surface area contributed by atoms with E-state index in [-0.39, 0.29) is 24.4 Å². The molecule has 0 atom stereocenters. The van der Waals surface area contributed by atoms with Crippen LogP contribution in [0.3, 0.4) is 0 Å². The molecule has 2 heterocycles. The molecule has 34 heavy (non-hydrogen) atoms. The van der Waals surface area contributed by atoms with Gasteiger partial charge in [-0.25, -0.2) is 9.18 Å². The lowest BCUT2D eigenvalue weighted by Gasteiger charge is -2.31. The first kappa shape index (κ1) is 22.1. The molecule has 176 valence electrons. The van der Waals surface area contributed by atoms with Gasteiger partial charge in [0.15, 0.2) is 0 Å². The summed E-state index contributed by atoms with van der Waals surface area (Å²) in [4.78, 5) is 31.0. The van der Waals surface area contributed by atoms with Crippen LogP contribution >= 0.6 is 0 Å². The molecule has 0 unspecified atom stereocenters. The van der Waals surface area contributed by atoms with E-state index in [0.717, 1.165) is 29.7 Å². The predicted octanol–water partition coefficient (Wildman–Crippen LogP) is 4.87. The third-order valence-corrected chi connectivity index (χ3v) is 6.17. The molecule has 1 saturated carbocycles. The fourth-order valence-electron chi connectivity index (χ4n) is 4.12. The number of allylic oxidation sites excluding steroid dienone is 1. The van der Waals surface area contributed by atoms with Gasteiger partial charge in [0.05, 0.1) is 12.2 Å². The van der Waals surface area contributed by atoms with E-state index in [2.05, 4.69) is 15.6 Å². The third-order valence-electron chi connectivity index (χ3n) is 6.17. The lowest BCUT2D eigenvalue weighted by Crippen LogP contribution is -2.39. The number of fused-ring (bicyclic) bond motifs is 1. The van der Waals surface area contributed by atoms with Gasteiger partial charge in [0.2, 0.25) is 5.91 Å². The van der Waals surface area contributed by atoms with Crippen LogP contribution in [0.2, 0.25) is 0 Å². The molecule has 0 spiro atoms. The van der Waals surface area contributed by atoms with Crippen molar-refractivity contribution in [2.45, 2.75) is 51.1 Å². The predicted molar refractivity (Wildman–Crippen MR) is 129 cm³/mol. The maximum Gasteiger partial charge on any atom is 0.326 e. The molecule has 0 saturated heterocycles. The van der Waals surface area contributed by atoms with Crippen molar-refractivity contribution in [1.29, 1.82) is 0 Å². The first-order valence-electron chi connectivity index (χ1n) is 11.7. The zero-order valence-electron chi connectivity index (χ0n) is 18.9. The number of carbonyl (C=O) groups is 2. The van der Waals surface area contributed by atoms with Crippen molar-refractivity contribution in [2.75, 3.05) is 16.8 Å².